The molecule has 6 heteroatoms. The van der Waals surface area contributed by atoms with Gasteiger partial charge in [0.05, 0.1) is 18.6 Å². The Morgan fingerprint density at radius 3 is 2.31 bits per heavy atom. The maximum absolute atomic E-state index is 12.4. The Labute approximate surface area is 192 Å². The van der Waals surface area contributed by atoms with Gasteiger partial charge in [0.25, 0.3) is 0 Å². The lowest BCUT2D eigenvalue weighted by atomic mass is 9.73. The molecule has 2 rings (SSSR count). The summed E-state index contributed by atoms with van der Waals surface area (Å²) in [6.45, 7) is 12.6. The van der Waals surface area contributed by atoms with Crippen molar-refractivity contribution >= 4 is 5.91 Å². The predicted octanol–water partition coefficient (Wildman–Crippen LogP) is 5.37. The van der Waals surface area contributed by atoms with Crippen molar-refractivity contribution in [2.75, 3.05) is 20.8 Å². The monoisotopic (exact) mass is 445 g/mol. The van der Waals surface area contributed by atoms with Gasteiger partial charge in [0.15, 0.2) is 5.76 Å². The van der Waals surface area contributed by atoms with Gasteiger partial charge < -0.3 is 14.3 Å². The van der Waals surface area contributed by atoms with Crippen molar-refractivity contribution in [3.63, 3.8) is 0 Å². The van der Waals surface area contributed by atoms with E-state index in [2.05, 4.69) is 32.9 Å². The topological polar surface area (TPSA) is 72.1 Å². The summed E-state index contributed by atoms with van der Waals surface area (Å²) in [6, 6.07) is 9.81. The van der Waals surface area contributed by atoms with E-state index in [1.165, 1.54) is 7.11 Å². The number of hydrogen-bond acceptors (Lipinski definition) is 5. The lowest BCUT2D eigenvalue weighted by molar-refractivity contribution is -0.0774. The van der Waals surface area contributed by atoms with Crippen molar-refractivity contribution < 1.29 is 23.9 Å². The number of aliphatic hydroxyl groups excluding tert-OH is 1. The Morgan fingerprint density at radius 1 is 1.12 bits per heavy atom. The van der Waals surface area contributed by atoms with Crippen molar-refractivity contribution in [2.24, 2.45) is 5.41 Å². The highest BCUT2D eigenvalue weighted by atomic mass is 16.7. The van der Waals surface area contributed by atoms with Crippen molar-refractivity contribution in [3.8, 4) is 5.75 Å². The maximum Gasteiger partial charge on any atom is 0.312 e. The zero-order valence-electron chi connectivity index (χ0n) is 20.8. The number of aliphatic hydroxyl groups is 1. The minimum Gasteiger partial charge on any atom is -0.491 e. The number of aryl methyl sites for hydroxylation is 1. The summed E-state index contributed by atoms with van der Waals surface area (Å²) < 4.78 is 12.0. The third-order valence-corrected chi connectivity index (χ3v) is 6.45. The Kier molecular flexibility index (Phi) is 8.54. The molecule has 0 aliphatic rings. The van der Waals surface area contributed by atoms with E-state index >= 15 is 0 Å². The number of benzene rings is 1. The third-order valence-electron chi connectivity index (χ3n) is 6.45. The Bertz CT molecular complexity index is 892. The fourth-order valence-corrected chi connectivity index (χ4v) is 3.81. The highest BCUT2D eigenvalue weighted by molar-refractivity contribution is 5.90. The van der Waals surface area contributed by atoms with Crippen LogP contribution in [0.1, 0.15) is 81.8 Å². The largest absolute Gasteiger partial charge is 0.491 e. The van der Waals surface area contributed by atoms with Crippen LogP contribution in [0.5, 0.6) is 5.75 Å². The zero-order valence-corrected chi connectivity index (χ0v) is 20.8. The molecule has 2 aromatic rings. The number of furan rings is 1. The molecule has 0 bridgehead atoms. The zero-order chi connectivity index (χ0) is 24.1. The first-order valence-corrected chi connectivity index (χ1v) is 11.4. The average molecular weight is 446 g/mol. The lowest BCUT2D eigenvalue weighted by Crippen LogP contribution is -2.32. The molecule has 0 aliphatic carbocycles. The number of amides is 1. The molecule has 1 aromatic carbocycles. The Balaban J connectivity index is 2.39. The van der Waals surface area contributed by atoms with Crippen molar-refractivity contribution in [2.45, 2.75) is 72.3 Å². The predicted molar refractivity (Wildman–Crippen MR) is 126 cm³/mol. The first-order valence-electron chi connectivity index (χ1n) is 11.4. The van der Waals surface area contributed by atoms with E-state index in [9.17, 15) is 9.90 Å². The van der Waals surface area contributed by atoms with Gasteiger partial charge in [-0.05, 0) is 54.0 Å². The van der Waals surface area contributed by atoms with E-state index in [1.807, 2.05) is 32.9 Å². The molecular formula is C26H39NO5. The number of carbonyl (C=O) groups is 1. The summed E-state index contributed by atoms with van der Waals surface area (Å²) >= 11 is 0. The number of carbonyl (C=O) groups excluding carboxylic acids is 1. The molecule has 32 heavy (non-hydrogen) atoms. The van der Waals surface area contributed by atoms with Gasteiger partial charge in [-0.3, -0.25) is 9.63 Å². The van der Waals surface area contributed by atoms with Crippen LogP contribution in [0.25, 0.3) is 0 Å². The van der Waals surface area contributed by atoms with Crippen LogP contribution in [-0.2, 0) is 16.7 Å². The van der Waals surface area contributed by atoms with E-state index in [4.69, 9.17) is 14.0 Å². The minimum atomic E-state index is -0.554. The van der Waals surface area contributed by atoms with Crippen LogP contribution in [0.2, 0.25) is 0 Å². The van der Waals surface area contributed by atoms with Crippen LogP contribution in [0.3, 0.4) is 0 Å². The molecule has 0 spiro atoms. The first kappa shape index (κ1) is 25.9. The molecule has 1 atom stereocenters. The molecule has 0 aliphatic heterocycles. The lowest BCUT2D eigenvalue weighted by Gasteiger charge is -2.31. The Morgan fingerprint density at radius 2 is 1.78 bits per heavy atom. The summed E-state index contributed by atoms with van der Waals surface area (Å²) in [4.78, 5) is 17.4. The third kappa shape index (κ3) is 5.36. The number of hydroxylamine groups is 2. The number of ether oxygens (including phenoxy) is 1. The molecule has 1 aromatic heterocycles. The summed E-state index contributed by atoms with van der Waals surface area (Å²) in [5, 5.41) is 11.5. The van der Waals surface area contributed by atoms with Gasteiger partial charge in [-0.2, -0.15) is 0 Å². The van der Waals surface area contributed by atoms with E-state index in [0.29, 0.717) is 0 Å². The normalized spacial score (nSPS) is 13.2. The van der Waals surface area contributed by atoms with Gasteiger partial charge in [0.1, 0.15) is 18.1 Å². The molecule has 178 valence electrons. The Hall–Kier alpha value is -2.31. The summed E-state index contributed by atoms with van der Waals surface area (Å²) in [5.74, 6) is 1.48. The fraction of sp³-hybridized carbons (Fsp3) is 0.577. The van der Waals surface area contributed by atoms with Gasteiger partial charge in [-0.25, -0.2) is 5.06 Å². The molecule has 1 unspecified atom stereocenters. The van der Waals surface area contributed by atoms with Crippen LogP contribution in [0, 0.1) is 5.41 Å². The highest BCUT2D eigenvalue weighted by Crippen LogP contribution is 2.41. The van der Waals surface area contributed by atoms with Crippen LogP contribution in [0.15, 0.2) is 34.7 Å². The van der Waals surface area contributed by atoms with E-state index in [0.717, 1.165) is 47.0 Å². The van der Waals surface area contributed by atoms with Gasteiger partial charge in [0.2, 0.25) is 0 Å². The van der Waals surface area contributed by atoms with E-state index < -0.39 is 6.10 Å². The molecule has 0 saturated carbocycles. The molecule has 0 radical (unpaired) electrons. The second kappa shape index (κ2) is 10.5. The number of rotatable bonds is 10. The summed E-state index contributed by atoms with van der Waals surface area (Å²) in [7, 11) is 3.00. The fourth-order valence-electron chi connectivity index (χ4n) is 3.81. The molecule has 6 nitrogen and oxygen atoms in total. The highest BCUT2D eigenvalue weighted by Gasteiger charge is 2.35. The molecule has 1 amide bonds. The standard InChI is InChI=1S/C26H39NO5/c1-9-18-16-19(12-13-20(18)31-17-22(28)25(4,5)6)26(10-2,11-3)23-15-14-21(32-23)24(29)27(7)30-8/h12-16,22,28H,9-11,17H2,1-8H3. The van der Waals surface area contributed by atoms with Gasteiger partial charge in [-0.15, -0.1) is 0 Å². The minimum absolute atomic E-state index is 0.239. The molecule has 0 fully saturated rings. The molecule has 1 heterocycles. The second-order valence-corrected chi connectivity index (χ2v) is 9.31. The maximum atomic E-state index is 12.4. The summed E-state index contributed by atoms with van der Waals surface area (Å²) in [6.07, 6.45) is 1.88. The van der Waals surface area contributed by atoms with Crippen molar-refractivity contribution in [3.05, 3.63) is 53.0 Å². The first-order chi connectivity index (χ1) is 15.0. The van der Waals surface area contributed by atoms with Gasteiger partial charge in [-0.1, -0.05) is 53.7 Å². The van der Waals surface area contributed by atoms with Gasteiger partial charge in [0, 0.05) is 7.05 Å². The van der Waals surface area contributed by atoms with E-state index in [-0.39, 0.29) is 29.1 Å². The van der Waals surface area contributed by atoms with Crippen LogP contribution in [0.4, 0.5) is 0 Å². The van der Waals surface area contributed by atoms with E-state index in [1.54, 1.807) is 13.1 Å². The number of nitrogens with zero attached hydrogens (tertiary/aromatic N) is 1. The van der Waals surface area contributed by atoms with Crippen molar-refractivity contribution in [1.82, 2.24) is 5.06 Å². The smallest absolute Gasteiger partial charge is 0.312 e. The SMILES string of the molecule is CCc1cc(C(CC)(CC)c2ccc(C(=O)N(C)OC)o2)ccc1OCC(O)C(C)(C)C. The van der Waals surface area contributed by atoms with Crippen LogP contribution in [-0.4, -0.2) is 42.9 Å². The van der Waals surface area contributed by atoms with Crippen LogP contribution >= 0.6 is 0 Å². The molecule has 0 saturated heterocycles. The number of hydrogen-bond donors (Lipinski definition) is 1. The average Bonchev–Trinajstić information content (AvgIpc) is 3.27. The second-order valence-electron chi connectivity index (χ2n) is 9.31. The van der Waals surface area contributed by atoms with Gasteiger partial charge >= 0.3 is 5.91 Å². The summed E-state index contributed by atoms with van der Waals surface area (Å²) in [5.41, 5.74) is 1.60. The molecular weight excluding hydrogens is 406 g/mol. The van der Waals surface area contributed by atoms with Crippen molar-refractivity contribution in [1.29, 1.82) is 0 Å². The van der Waals surface area contributed by atoms with Crippen LogP contribution < -0.4 is 4.74 Å². The quantitative estimate of drug-likeness (QED) is 0.498. The molecule has 1 N–H and O–H groups in total.